The SMILES string of the molecule is COCCCOc1ccnc(CSc2ccc(NC(=O)Nc3cc(F)cc(F)c3)cc2)c1C. The molecule has 1 heterocycles. The highest BCUT2D eigenvalue weighted by Crippen LogP contribution is 2.28. The molecule has 0 fully saturated rings. The first-order valence-corrected chi connectivity index (χ1v) is 11.3. The summed E-state index contributed by atoms with van der Waals surface area (Å²) in [5.41, 5.74) is 2.53. The Morgan fingerprint density at radius 3 is 2.39 bits per heavy atom. The van der Waals surface area contributed by atoms with Gasteiger partial charge in [0.15, 0.2) is 0 Å². The fourth-order valence-corrected chi connectivity index (χ4v) is 3.87. The van der Waals surface area contributed by atoms with Gasteiger partial charge in [-0.25, -0.2) is 13.6 Å². The third-order valence-electron chi connectivity index (χ3n) is 4.62. The minimum Gasteiger partial charge on any atom is -0.493 e. The molecule has 2 N–H and O–H groups in total. The Hall–Kier alpha value is -3.17. The van der Waals surface area contributed by atoms with Gasteiger partial charge in [-0.2, -0.15) is 0 Å². The van der Waals surface area contributed by atoms with Crippen LogP contribution in [0.1, 0.15) is 17.7 Å². The summed E-state index contributed by atoms with van der Waals surface area (Å²) in [6.45, 7) is 3.23. The van der Waals surface area contributed by atoms with Crippen molar-refractivity contribution in [2.45, 2.75) is 24.0 Å². The monoisotopic (exact) mass is 473 g/mol. The summed E-state index contributed by atoms with van der Waals surface area (Å²) in [5, 5.41) is 5.04. The molecule has 2 aromatic carbocycles. The minimum absolute atomic E-state index is 0.0324. The van der Waals surface area contributed by atoms with E-state index in [1.807, 2.05) is 25.1 Å². The largest absolute Gasteiger partial charge is 0.493 e. The van der Waals surface area contributed by atoms with Crippen molar-refractivity contribution in [1.82, 2.24) is 4.98 Å². The molecule has 0 radical (unpaired) electrons. The molecule has 0 bridgehead atoms. The number of ether oxygens (including phenoxy) is 2. The molecule has 2 amide bonds. The second-order valence-electron chi connectivity index (χ2n) is 7.13. The van der Waals surface area contributed by atoms with Gasteiger partial charge in [0, 0.05) is 60.0 Å². The number of nitrogens with one attached hydrogen (secondary N) is 2. The average Bonchev–Trinajstić information content (AvgIpc) is 2.77. The van der Waals surface area contributed by atoms with Gasteiger partial charge >= 0.3 is 6.03 Å². The van der Waals surface area contributed by atoms with Crippen LogP contribution in [-0.2, 0) is 10.5 Å². The minimum atomic E-state index is -0.764. The van der Waals surface area contributed by atoms with Gasteiger partial charge in [-0.1, -0.05) is 0 Å². The molecule has 6 nitrogen and oxygen atoms in total. The van der Waals surface area contributed by atoms with Crippen LogP contribution in [0.5, 0.6) is 5.75 Å². The second kappa shape index (κ2) is 12.2. The zero-order valence-electron chi connectivity index (χ0n) is 18.4. The standard InChI is InChI=1S/C24H25F2N3O3S/c1-16-22(27-9-8-23(16)32-11-3-10-31-2)15-33-21-6-4-19(5-7-21)28-24(30)29-20-13-17(25)12-18(26)14-20/h4-9,12-14H,3,10-11,15H2,1-2H3,(H2,28,29,30). The van der Waals surface area contributed by atoms with Crippen LogP contribution in [0.3, 0.4) is 0 Å². The molecule has 9 heteroatoms. The Bertz CT molecular complexity index is 1060. The van der Waals surface area contributed by atoms with E-state index in [2.05, 4.69) is 15.6 Å². The molecule has 0 aliphatic carbocycles. The number of carbonyl (C=O) groups is 1. The van der Waals surface area contributed by atoms with Crippen LogP contribution in [0.15, 0.2) is 59.6 Å². The Kier molecular flexibility index (Phi) is 9.03. The molecule has 0 spiro atoms. The van der Waals surface area contributed by atoms with E-state index in [0.717, 1.165) is 46.5 Å². The number of nitrogens with zero attached hydrogens (tertiary/aromatic N) is 1. The molecule has 33 heavy (non-hydrogen) atoms. The van der Waals surface area contributed by atoms with Gasteiger partial charge in [-0.3, -0.25) is 4.98 Å². The van der Waals surface area contributed by atoms with Crippen LogP contribution in [0.4, 0.5) is 25.0 Å². The first kappa shape index (κ1) is 24.5. The van der Waals surface area contributed by atoms with E-state index < -0.39 is 17.7 Å². The Balaban J connectivity index is 1.52. The Morgan fingerprint density at radius 1 is 1.00 bits per heavy atom. The molecular formula is C24H25F2N3O3S. The van der Waals surface area contributed by atoms with E-state index in [9.17, 15) is 13.6 Å². The summed E-state index contributed by atoms with van der Waals surface area (Å²) in [5.74, 6) is -0.0425. The fourth-order valence-electron chi connectivity index (χ4n) is 2.95. The first-order chi connectivity index (χ1) is 15.9. The van der Waals surface area contributed by atoms with Gasteiger partial charge in [-0.15, -0.1) is 11.8 Å². The van der Waals surface area contributed by atoms with Gasteiger partial charge in [-0.05, 0) is 49.4 Å². The number of halogens is 2. The lowest BCUT2D eigenvalue weighted by molar-refractivity contribution is 0.172. The summed E-state index contributed by atoms with van der Waals surface area (Å²) in [6, 6.07) is 11.3. The van der Waals surface area contributed by atoms with Gasteiger partial charge in [0.1, 0.15) is 17.4 Å². The van der Waals surface area contributed by atoms with E-state index in [4.69, 9.17) is 9.47 Å². The first-order valence-electron chi connectivity index (χ1n) is 10.3. The van der Waals surface area contributed by atoms with Crippen LogP contribution in [0, 0.1) is 18.6 Å². The summed E-state index contributed by atoms with van der Waals surface area (Å²) < 4.78 is 37.3. The number of benzene rings is 2. The molecule has 3 aromatic rings. The molecule has 0 saturated heterocycles. The van der Waals surface area contributed by atoms with Gasteiger partial charge in [0.25, 0.3) is 0 Å². The molecule has 0 unspecified atom stereocenters. The number of hydrogen-bond acceptors (Lipinski definition) is 5. The Labute approximate surface area is 195 Å². The fraction of sp³-hybridized carbons (Fsp3) is 0.250. The highest BCUT2D eigenvalue weighted by atomic mass is 32.2. The smallest absolute Gasteiger partial charge is 0.323 e. The number of rotatable bonds is 10. The van der Waals surface area contributed by atoms with Crippen molar-refractivity contribution in [1.29, 1.82) is 0 Å². The summed E-state index contributed by atoms with van der Waals surface area (Å²) in [4.78, 5) is 17.5. The van der Waals surface area contributed by atoms with E-state index in [1.54, 1.807) is 37.2 Å². The van der Waals surface area contributed by atoms with Crippen molar-refractivity contribution in [2.75, 3.05) is 31.0 Å². The van der Waals surface area contributed by atoms with Gasteiger partial charge < -0.3 is 20.1 Å². The van der Waals surface area contributed by atoms with Crippen molar-refractivity contribution in [3.8, 4) is 5.75 Å². The van der Waals surface area contributed by atoms with Crippen LogP contribution in [0.25, 0.3) is 0 Å². The van der Waals surface area contributed by atoms with Gasteiger partial charge in [0.2, 0.25) is 0 Å². The normalized spacial score (nSPS) is 10.7. The average molecular weight is 474 g/mol. The van der Waals surface area contributed by atoms with E-state index in [-0.39, 0.29) is 5.69 Å². The van der Waals surface area contributed by atoms with Gasteiger partial charge in [0.05, 0.1) is 12.3 Å². The Morgan fingerprint density at radius 2 is 1.70 bits per heavy atom. The molecule has 0 atom stereocenters. The van der Waals surface area contributed by atoms with Crippen LogP contribution in [-0.4, -0.2) is 31.3 Å². The third kappa shape index (κ3) is 7.73. The molecule has 0 saturated carbocycles. The van der Waals surface area contributed by atoms with Crippen molar-refractivity contribution < 1.29 is 23.0 Å². The lowest BCUT2D eigenvalue weighted by atomic mass is 10.2. The van der Waals surface area contributed by atoms with E-state index >= 15 is 0 Å². The predicted octanol–water partition coefficient (Wildman–Crippen LogP) is 6.02. The number of pyridine rings is 1. The summed E-state index contributed by atoms with van der Waals surface area (Å²) in [7, 11) is 1.67. The molecule has 1 aromatic heterocycles. The maximum Gasteiger partial charge on any atom is 0.323 e. The van der Waals surface area contributed by atoms with E-state index in [1.165, 1.54) is 0 Å². The zero-order chi connectivity index (χ0) is 23.6. The van der Waals surface area contributed by atoms with E-state index in [0.29, 0.717) is 24.7 Å². The van der Waals surface area contributed by atoms with Crippen LogP contribution in [0.2, 0.25) is 0 Å². The predicted molar refractivity (Wildman–Crippen MR) is 126 cm³/mol. The maximum absolute atomic E-state index is 13.2. The lowest BCUT2D eigenvalue weighted by Gasteiger charge is -2.12. The topological polar surface area (TPSA) is 72.5 Å². The number of aromatic nitrogens is 1. The molecule has 3 rings (SSSR count). The van der Waals surface area contributed by atoms with Crippen molar-refractivity contribution in [2.24, 2.45) is 0 Å². The number of amides is 2. The summed E-state index contributed by atoms with van der Waals surface area (Å²) >= 11 is 1.61. The molecule has 0 aliphatic rings. The lowest BCUT2D eigenvalue weighted by Crippen LogP contribution is -2.19. The zero-order valence-corrected chi connectivity index (χ0v) is 19.2. The highest BCUT2D eigenvalue weighted by molar-refractivity contribution is 7.98. The number of anilines is 2. The van der Waals surface area contributed by atoms with Crippen molar-refractivity contribution in [3.05, 3.63) is 77.6 Å². The third-order valence-corrected chi connectivity index (χ3v) is 5.64. The highest BCUT2D eigenvalue weighted by Gasteiger charge is 2.09. The number of hydrogen-bond donors (Lipinski definition) is 2. The van der Waals surface area contributed by atoms with Crippen molar-refractivity contribution in [3.63, 3.8) is 0 Å². The summed E-state index contributed by atoms with van der Waals surface area (Å²) in [6.07, 6.45) is 2.56. The molecule has 174 valence electrons. The number of urea groups is 1. The quantitative estimate of drug-likeness (QED) is 0.278. The number of carbonyl (C=O) groups excluding carboxylic acids is 1. The van der Waals surface area contributed by atoms with Crippen LogP contribution >= 0.6 is 11.8 Å². The molecular weight excluding hydrogens is 448 g/mol. The number of thioether (sulfide) groups is 1. The second-order valence-corrected chi connectivity index (χ2v) is 8.17. The molecule has 0 aliphatic heterocycles. The van der Waals surface area contributed by atoms with Crippen LogP contribution < -0.4 is 15.4 Å². The number of methoxy groups -OCH3 is 1. The maximum atomic E-state index is 13.2. The van der Waals surface area contributed by atoms with Crippen molar-refractivity contribution >= 4 is 29.2 Å².